The molecule has 0 saturated heterocycles. The Kier molecular flexibility index (Phi) is 4.07. The fourth-order valence-electron chi connectivity index (χ4n) is 1.65. The van der Waals surface area contributed by atoms with E-state index in [1.165, 1.54) is 0 Å². The van der Waals surface area contributed by atoms with Gasteiger partial charge in [-0.05, 0) is 12.1 Å². The number of aromatic nitrogens is 1. The number of carbonyl (C=O) groups is 1. The largest absolute Gasteiger partial charge is 0.464 e. The summed E-state index contributed by atoms with van der Waals surface area (Å²) in [6.45, 7) is 0. The second kappa shape index (κ2) is 5.66. The molecule has 0 N–H and O–H groups in total. The SMILES string of the molecule is COC(=O)c1nc(-c2c(F)c(F)c(F)c(F)c2F)ccc1F. The molecule has 0 bridgehead atoms. The van der Waals surface area contributed by atoms with Gasteiger partial charge in [-0.3, -0.25) is 0 Å². The third kappa shape index (κ3) is 2.38. The van der Waals surface area contributed by atoms with E-state index in [0.717, 1.165) is 7.11 Å². The molecule has 0 aliphatic heterocycles. The Bertz CT molecular complexity index is 749. The van der Waals surface area contributed by atoms with Gasteiger partial charge in [0.25, 0.3) is 0 Å². The lowest BCUT2D eigenvalue weighted by atomic mass is 10.1. The minimum Gasteiger partial charge on any atom is -0.464 e. The van der Waals surface area contributed by atoms with Gasteiger partial charge in [0.05, 0.1) is 18.4 Å². The molecular weight excluding hydrogens is 316 g/mol. The van der Waals surface area contributed by atoms with Crippen LogP contribution in [0.15, 0.2) is 12.1 Å². The smallest absolute Gasteiger partial charge is 0.359 e. The second-order valence-corrected chi connectivity index (χ2v) is 3.96. The molecule has 2 aromatic rings. The number of esters is 1. The lowest BCUT2D eigenvalue weighted by Crippen LogP contribution is -2.10. The maximum Gasteiger partial charge on any atom is 0.359 e. The van der Waals surface area contributed by atoms with Gasteiger partial charge in [0, 0.05) is 0 Å². The summed E-state index contributed by atoms with van der Waals surface area (Å²) in [5, 5.41) is 0. The van der Waals surface area contributed by atoms with Gasteiger partial charge in [-0.25, -0.2) is 36.1 Å². The Balaban J connectivity index is 2.76. The van der Waals surface area contributed by atoms with Crippen LogP contribution in [0.3, 0.4) is 0 Å². The van der Waals surface area contributed by atoms with E-state index in [1.54, 1.807) is 0 Å². The molecule has 0 amide bonds. The third-order valence-corrected chi connectivity index (χ3v) is 2.69. The number of hydrogen-bond donors (Lipinski definition) is 0. The van der Waals surface area contributed by atoms with Crippen LogP contribution in [0.4, 0.5) is 26.3 Å². The maximum absolute atomic E-state index is 13.6. The first-order valence-corrected chi connectivity index (χ1v) is 5.56. The van der Waals surface area contributed by atoms with Gasteiger partial charge in [-0.15, -0.1) is 0 Å². The molecule has 2 rings (SSSR count). The zero-order chi connectivity index (χ0) is 16.6. The molecule has 0 atom stereocenters. The molecule has 0 fully saturated rings. The molecule has 1 heterocycles. The highest BCUT2D eigenvalue weighted by atomic mass is 19.2. The summed E-state index contributed by atoms with van der Waals surface area (Å²) in [6.07, 6.45) is 0. The lowest BCUT2D eigenvalue weighted by Gasteiger charge is -2.09. The molecule has 116 valence electrons. The van der Waals surface area contributed by atoms with Crippen molar-refractivity contribution < 1.29 is 35.9 Å². The predicted octanol–water partition coefficient (Wildman–Crippen LogP) is 3.37. The number of ether oxygens (including phenoxy) is 1. The zero-order valence-electron chi connectivity index (χ0n) is 10.7. The molecule has 9 heteroatoms. The number of hydrogen-bond acceptors (Lipinski definition) is 3. The Hall–Kier alpha value is -2.58. The Morgan fingerprint density at radius 3 is 1.91 bits per heavy atom. The summed E-state index contributed by atoms with van der Waals surface area (Å²) in [7, 11) is 0.897. The minimum atomic E-state index is -2.34. The molecule has 0 radical (unpaired) electrons. The topological polar surface area (TPSA) is 39.2 Å². The standard InChI is InChI=1S/C13H5F6NO2/c1-22-13(21)12-4(14)2-3-5(20-12)6-7(15)9(17)11(19)10(18)8(6)16/h2-3H,1H3. The fourth-order valence-corrected chi connectivity index (χ4v) is 1.65. The molecule has 0 aliphatic carbocycles. The average Bonchev–Trinajstić information content (AvgIpc) is 2.52. The molecule has 0 saturated carbocycles. The number of halogens is 6. The van der Waals surface area contributed by atoms with Crippen LogP contribution >= 0.6 is 0 Å². The lowest BCUT2D eigenvalue weighted by molar-refractivity contribution is 0.0588. The van der Waals surface area contributed by atoms with Crippen molar-refractivity contribution in [3.8, 4) is 11.3 Å². The summed E-state index contributed by atoms with van der Waals surface area (Å²) >= 11 is 0. The maximum atomic E-state index is 13.6. The quantitative estimate of drug-likeness (QED) is 0.368. The average molecular weight is 321 g/mol. The van der Waals surface area contributed by atoms with Crippen LogP contribution in [0.25, 0.3) is 11.3 Å². The first kappa shape index (κ1) is 15.8. The molecule has 0 unspecified atom stereocenters. The van der Waals surface area contributed by atoms with Crippen molar-refractivity contribution >= 4 is 5.97 Å². The minimum absolute atomic E-state index is 0.590. The van der Waals surface area contributed by atoms with Crippen molar-refractivity contribution in [2.45, 2.75) is 0 Å². The van der Waals surface area contributed by atoms with E-state index in [4.69, 9.17) is 0 Å². The number of methoxy groups -OCH3 is 1. The first-order valence-electron chi connectivity index (χ1n) is 5.56. The van der Waals surface area contributed by atoms with Crippen molar-refractivity contribution in [3.05, 3.63) is 52.7 Å². The molecular formula is C13H5F6NO2. The van der Waals surface area contributed by atoms with E-state index in [-0.39, 0.29) is 0 Å². The first-order chi connectivity index (χ1) is 10.3. The number of pyridine rings is 1. The van der Waals surface area contributed by atoms with Gasteiger partial charge in [-0.2, -0.15) is 0 Å². The fraction of sp³-hybridized carbons (Fsp3) is 0.0769. The number of nitrogens with zero attached hydrogens (tertiary/aromatic N) is 1. The number of benzene rings is 1. The van der Waals surface area contributed by atoms with Gasteiger partial charge < -0.3 is 4.74 Å². The normalized spacial score (nSPS) is 10.7. The highest BCUT2D eigenvalue weighted by molar-refractivity contribution is 5.88. The molecule has 3 nitrogen and oxygen atoms in total. The molecule has 0 spiro atoms. The zero-order valence-corrected chi connectivity index (χ0v) is 10.7. The van der Waals surface area contributed by atoms with Gasteiger partial charge >= 0.3 is 5.97 Å². The highest BCUT2D eigenvalue weighted by Gasteiger charge is 2.28. The van der Waals surface area contributed by atoms with Crippen molar-refractivity contribution in [1.29, 1.82) is 0 Å². The van der Waals surface area contributed by atoms with Crippen molar-refractivity contribution in [3.63, 3.8) is 0 Å². The van der Waals surface area contributed by atoms with Crippen molar-refractivity contribution in [2.24, 2.45) is 0 Å². The van der Waals surface area contributed by atoms with Crippen molar-refractivity contribution in [1.82, 2.24) is 4.98 Å². The molecule has 1 aromatic heterocycles. The van der Waals surface area contributed by atoms with E-state index >= 15 is 0 Å². The summed E-state index contributed by atoms with van der Waals surface area (Å²) < 4.78 is 84.1. The van der Waals surface area contributed by atoms with Crippen LogP contribution < -0.4 is 0 Å². The van der Waals surface area contributed by atoms with E-state index in [0.29, 0.717) is 12.1 Å². The third-order valence-electron chi connectivity index (χ3n) is 2.69. The van der Waals surface area contributed by atoms with Crippen LogP contribution in [-0.2, 0) is 4.74 Å². The number of carbonyl (C=O) groups excluding carboxylic acids is 1. The van der Waals surface area contributed by atoms with Crippen LogP contribution in [0.1, 0.15) is 10.5 Å². The van der Waals surface area contributed by atoms with Gasteiger partial charge in [-0.1, -0.05) is 0 Å². The number of rotatable bonds is 2. The Morgan fingerprint density at radius 1 is 0.909 bits per heavy atom. The van der Waals surface area contributed by atoms with E-state index < -0.39 is 57.8 Å². The van der Waals surface area contributed by atoms with E-state index in [1.807, 2.05) is 0 Å². The van der Waals surface area contributed by atoms with Crippen LogP contribution in [0, 0.1) is 34.9 Å². The predicted molar refractivity (Wildman–Crippen MR) is 60.8 cm³/mol. The summed E-state index contributed by atoms with van der Waals surface area (Å²) in [5.74, 6) is -13.5. The summed E-state index contributed by atoms with van der Waals surface area (Å²) in [6, 6.07) is 1.26. The molecule has 1 aromatic carbocycles. The summed E-state index contributed by atoms with van der Waals surface area (Å²) in [5.41, 5.74) is -3.14. The second-order valence-electron chi connectivity index (χ2n) is 3.96. The van der Waals surface area contributed by atoms with E-state index in [2.05, 4.69) is 9.72 Å². The van der Waals surface area contributed by atoms with E-state index in [9.17, 15) is 31.1 Å². The summed E-state index contributed by atoms with van der Waals surface area (Å²) in [4.78, 5) is 14.5. The monoisotopic (exact) mass is 321 g/mol. The van der Waals surface area contributed by atoms with Crippen molar-refractivity contribution in [2.75, 3.05) is 7.11 Å². The molecule has 22 heavy (non-hydrogen) atoms. The van der Waals surface area contributed by atoms with Crippen LogP contribution in [-0.4, -0.2) is 18.1 Å². The molecule has 0 aliphatic rings. The Labute approximate surface area is 119 Å². The van der Waals surface area contributed by atoms with Crippen LogP contribution in [0.5, 0.6) is 0 Å². The van der Waals surface area contributed by atoms with Gasteiger partial charge in [0.1, 0.15) is 0 Å². The van der Waals surface area contributed by atoms with Gasteiger partial charge in [0.2, 0.25) is 5.82 Å². The van der Waals surface area contributed by atoms with Crippen LogP contribution in [0.2, 0.25) is 0 Å². The highest BCUT2D eigenvalue weighted by Crippen LogP contribution is 2.30. The Morgan fingerprint density at radius 2 is 1.41 bits per heavy atom. The van der Waals surface area contributed by atoms with Gasteiger partial charge in [0.15, 0.2) is 34.8 Å².